The average Bonchev–Trinajstić information content (AvgIpc) is 2.48. The topological polar surface area (TPSA) is 62.3 Å². The fourth-order valence-electron chi connectivity index (χ4n) is 2.72. The van der Waals surface area contributed by atoms with Crippen molar-refractivity contribution in [3.8, 4) is 0 Å². The molecule has 5 nitrogen and oxygen atoms in total. The third-order valence-electron chi connectivity index (χ3n) is 3.75. The highest BCUT2D eigenvalue weighted by Gasteiger charge is 2.34. The molecule has 1 aliphatic rings. The van der Waals surface area contributed by atoms with E-state index in [2.05, 4.69) is 10.3 Å². The molecule has 1 saturated heterocycles. The first-order valence-corrected chi connectivity index (χ1v) is 8.76. The third-order valence-corrected chi connectivity index (χ3v) is 5.73. The van der Waals surface area contributed by atoms with Crippen LogP contribution in [-0.4, -0.2) is 36.8 Å². The minimum atomic E-state index is -3.47. The lowest BCUT2D eigenvalue weighted by molar-refractivity contribution is 0.246. The van der Waals surface area contributed by atoms with Gasteiger partial charge < -0.3 is 5.32 Å². The standard InChI is InChI=1S/C14H23N3O2S/c1-3-12-8-5-6-11-17(12)20(18,19)13-9-7-10-16-14(13)15-4-2/h7,9-10,12H,3-6,8,11H2,1-2H3,(H,15,16). The Morgan fingerprint density at radius 2 is 2.20 bits per heavy atom. The minimum absolute atomic E-state index is 0.114. The fourth-order valence-corrected chi connectivity index (χ4v) is 4.61. The lowest BCUT2D eigenvalue weighted by Crippen LogP contribution is -2.43. The molecular formula is C14H23N3O2S. The second-order valence-corrected chi connectivity index (χ2v) is 6.91. The number of nitrogens with one attached hydrogen (secondary N) is 1. The zero-order valence-electron chi connectivity index (χ0n) is 12.2. The first kappa shape index (κ1) is 15.3. The number of rotatable bonds is 5. The molecular weight excluding hydrogens is 274 g/mol. The van der Waals surface area contributed by atoms with Crippen molar-refractivity contribution in [2.24, 2.45) is 0 Å². The summed E-state index contributed by atoms with van der Waals surface area (Å²) in [5, 5.41) is 3.04. The molecule has 1 N–H and O–H groups in total. The molecule has 0 amide bonds. The third kappa shape index (κ3) is 2.96. The maximum atomic E-state index is 12.9. The molecule has 2 rings (SSSR count). The fraction of sp³-hybridized carbons (Fsp3) is 0.643. The monoisotopic (exact) mass is 297 g/mol. The van der Waals surface area contributed by atoms with Crippen LogP contribution < -0.4 is 5.32 Å². The summed E-state index contributed by atoms with van der Waals surface area (Å²) in [5.41, 5.74) is 0. The summed E-state index contributed by atoms with van der Waals surface area (Å²) in [4.78, 5) is 4.46. The largest absolute Gasteiger partial charge is 0.369 e. The van der Waals surface area contributed by atoms with E-state index in [0.29, 0.717) is 23.8 Å². The number of aromatic nitrogens is 1. The molecule has 0 spiro atoms. The Hall–Kier alpha value is -1.14. The lowest BCUT2D eigenvalue weighted by atomic mass is 10.0. The maximum absolute atomic E-state index is 12.9. The Kier molecular flexibility index (Phi) is 4.99. The van der Waals surface area contributed by atoms with Crippen LogP contribution in [0.15, 0.2) is 23.2 Å². The van der Waals surface area contributed by atoms with Gasteiger partial charge in [-0.25, -0.2) is 13.4 Å². The van der Waals surface area contributed by atoms with Crippen molar-refractivity contribution in [2.45, 2.75) is 50.5 Å². The van der Waals surface area contributed by atoms with Crippen LogP contribution in [0.1, 0.15) is 39.5 Å². The number of pyridine rings is 1. The molecule has 1 atom stereocenters. The van der Waals surface area contributed by atoms with Crippen LogP contribution in [0.4, 0.5) is 5.82 Å². The van der Waals surface area contributed by atoms with E-state index in [1.165, 1.54) is 0 Å². The van der Waals surface area contributed by atoms with Gasteiger partial charge in [0.2, 0.25) is 10.0 Å². The summed E-state index contributed by atoms with van der Waals surface area (Å²) in [6.07, 6.45) is 5.47. The normalized spacial score (nSPS) is 20.8. The van der Waals surface area contributed by atoms with E-state index in [0.717, 1.165) is 25.7 Å². The second-order valence-electron chi connectivity index (χ2n) is 5.05. The molecule has 2 heterocycles. The predicted octanol–water partition coefficient (Wildman–Crippen LogP) is 2.47. The summed E-state index contributed by atoms with van der Waals surface area (Å²) in [7, 11) is -3.47. The molecule has 0 saturated carbocycles. The average molecular weight is 297 g/mol. The number of anilines is 1. The van der Waals surface area contributed by atoms with Gasteiger partial charge in [-0.15, -0.1) is 0 Å². The number of hydrogen-bond donors (Lipinski definition) is 1. The van der Waals surface area contributed by atoms with Gasteiger partial charge in [-0.05, 0) is 38.3 Å². The minimum Gasteiger partial charge on any atom is -0.369 e. The molecule has 112 valence electrons. The Bertz CT molecular complexity index is 545. The summed E-state index contributed by atoms with van der Waals surface area (Å²) in [5.74, 6) is 0.454. The van der Waals surface area contributed by atoms with Crippen molar-refractivity contribution in [3.63, 3.8) is 0 Å². The molecule has 0 radical (unpaired) electrons. The van der Waals surface area contributed by atoms with Crippen molar-refractivity contribution in [1.82, 2.24) is 9.29 Å². The van der Waals surface area contributed by atoms with Crippen LogP contribution in [0.3, 0.4) is 0 Å². The molecule has 1 aromatic rings. The highest BCUT2D eigenvalue weighted by atomic mass is 32.2. The molecule has 0 bridgehead atoms. The van der Waals surface area contributed by atoms with E-state index >= 15 is 0 Å². The van der Waals surface area contributed by atoms with Crippen molar-refractivity contribution >= 4 is 15.8 Å². The van der Waals surface area contributed by atoms with Crippen LogP contribution in [-0.2, 0) is 10.0 Å². The molecule has 1 unspecified atom stereocenters. The van der Waals surface area contributed by atoms with Gasteiger partial charge >= 0.3 is 0 Å². The molecule has 0 aliphatic carbocycles. The van der Waals surface area contributed by atoms with Gasteiger partial charge in [-0.2, -0.15) is 4.31 Å². The maximum Gasteiger partial charge on any atom is 0.246 e. The van der Waals surface area contributed by atoms with Crippen molar-refractivity contribution in [3.05, 3.63) is 18.3 Å². The molecule has 1 fully saturated rings. The SMILES string of the molecule is CCNc1ncccc1S(=O)(=O)N1CCCCC1CC. The first-order valence-electron chi connectivity index (χ1n) is 7.32. The highest BCUT2D eigenvalue weighted by Crippen LogP contribution is 2.29. The Balaban J connectivity index is 2.38. The summed E-state index contributed by atoms with van der Waals surface area (Å²) in [6.45, 7) is 5.24. The van der Waals surface area contributed by atoms with Gasteiger partial charge in [-0.3, -0.25) is 0 Å². The Labute approximate surface area is 121 Å². The van der Waals surface area contributed by atoms with Gasteiger partial charge in [0.1, 0.15) is 10.7 Å². The zero-order chi connectivity index (χ0) is 14.6. The van der Waals surface area contributed by atoms with Crippen molar-refractivity contribution in [2.75, 3.05) is 18.4 Å². The van der Waals surface area contributed by atoms with E-state index in [4.69, 9.17) is 0 Å². The molecule has 0 aromatic carbocycles. The zero-order valence-corrected chi connectivity index (χ0v) is 13.0. The van der Waals surface area contributed by atoms with Gasteiger partial charge in [0.25, 0.3) is 0 Å². The number of sulfonamides is 1. The van der Waals surface area contributed by atoms with Crippen LogP contribution in [0.25, 0.3) is 0 Å². The summed E-state index contributed by atoms with van der Waals surface area (Å²) >= 11 is 0. The predicted molar refractivity (Wildman–Crippen MR) is 80.2 cm³/mol. The molecule has 1 aliphatic heterocycles. The highest BCUT2D eigenvalue weighted by molar-refractivity contribution is 7.89. The van der Waals surface area contributed by atoms with Crippen LogP contribution >= 0.6 is 0 Å². The van der Waals surface area contributed by atoms with Gasteiger partial charge in [-0.1, -0.05) is 13.3 Å². The van der Waals surface area contributed by atoms with Crippen LogP contribution in [0.2, 0.25) is 0 Å². The number of hydrogen-bond acceptors (Lipinski definition) is 4. The smallest absolute Gasteiger partial charge is 0.246 e. The van der Waals surface area contributed by atoms with E-state index in [-0.39, 0.29) is 6.04 Å². The number of nitrogens with zero attached hydrogens (tertiary/aromatic N) is 2. The van der Waals surface area contributed by atoms with Crippen molar-refractivity contribution < 1.29 is 8.42 Å². The van der Waals surface area contributed by atoms with Crippen LogP contribution in [0.5, 0.6) is 0 Å². The van der Waals surface area contributed by atoms with Gasteiger partial charge in [0, 0.05) is 25.3 Å². The van der Waals surface area contributed by atoms with Gasteiger partial charge in [0.05, 0.1) is 0 Å². The summed E-state index contributed by atoms with van der Waals surface area (Å²) in [6, 6.07) is 3.43. The molecule has 1 aromatic heterocycles. The summed E-state index contributed by atoms with van der Waals surface area (Å²) < 4.78 is 27.5. The lowest BCUT2D eigenvalue weighted by Gasteiger charge is -2.34. The van der Waals surface area contributed by atoms with Gasteiger partial charge in [0.15, 0.2) is 0 Å². The van der Waals surface area contributed by atoms with E-state index in [1.807, 2.05) is 13.8 Å². The quantitative estimate of drug-likeness (QED) is 0.907. The Morgan fingerprint density at radius 1 is 1.40 bits per heavy atom. The molecule has 6 heteroatoms. The molecule has 20 heavy (non-hydrogen) atoms. The van der Waals surface area contributed by atoms with E-state index in [9.17, 15) is 8.42 Å². The van der Waals surface area contributed by atoms with Crippen molar-refractivity contribution in [1.29, 1.82) is 0 Å². The number of piperidine rings is 1. The first-order chi connectivity index (χ1) is 9.61. The van der Waals surface area contributed by atoms with E-state index in [1.54, 1.807) is 22.6 Å². The van der Waals surface area contributed by atoms with Crippen LogP contribution in [0, 0.1) is 0 Å². The second kappa shape index (κ2) is 6.54. The van der Waals surface area contributed by atoms with E-state index < -0.39 is 10.0 Å². The Morgan fingerprint density at radius 3 is 2.90 bits per heavy atom.